The van der Waals surface area contributed by atoms with E-state index in [-0.39, 0.29) is 11.5 Å². The molecule has 0 saturated carbocycles. The number of nitrogen functional groups attached to an aromatic ring is 1. The van der Waals surface area contributed by atoms with Gasteiger partial charge in [0.05, 0.1) is 5.69 Å². The van der Waals surface area contributed by atoms with Gasteiger partial charge in [-0.05, 0) is 13.5 Å². The molecule has 0 amide bonds. The van der Waals surface area contributed by atoms with Crippen LogP contribution in [-0.4, -0.2) is 50.4 Å². The Morgan fingerprint density at radius 2 is 2.29 bits per heavy atom. The van der Waals surface area contributed by atoms with E-state index in [2.05, 4.69) is 43.0 Å². The van der Waals surface area contributed by atoms with Gasteiger partial charge in [-0.15, -0.1) is 0 Å². The van der Waals surface area contributed by atoms with Gasteiger partial charge in [0.25, 0.3) is 5.56 Å². The monoisotopic (exact) mass is 349 g/mol. The lowest BCUT2D eigenvalue weighted by Crippen LogP contribution is -2.34. The van der Waals surface area contributed by atoms with Crippen molar-refractivity contribution in [2.24, 2.45) is 0 Å². The minimum Gasteiger partial charge on any atom is -0.369 e. The third-order valence-corrected chi connectivity index (χ3v) is 5.02. The van der Waals surface area contributed by atoms with Crippen LogP contribution in [0.15, 0.2) is 10.9 Å². The first-order chi connectivity index (χ1) is 11.4. The maximum Gasteiger partial charge on any atom is 0.252 e. The Kier molecular flexibility index (Phi) is 4.81. The number of nitrogens with zero attached hydrogens (tertiary/aromatic N) is 5. The van der Waals surface area contributed by atoms with Crippen LogP contribution in [-0.2, 0) is 6.54 Å². The van der Waals surface area contributed by atoms with Crippen molar-refractivity contribution in [1.82, 2.24) is 24.2 Å². The lowest BCUT2D eigenvalue weighted by Gasteiger charge is -2.24. The molecule has 1 saturated heterocycles. The average molecular weight is 349 g/mol. The number of nitrogens with two attached hydrogens (primary N) is 1. The van der Waals surface area contributed by atoms with Gasteiger partial charge in [-0.2, -0.15) is 4.37 Å². The quantitative estimate of drug-likeness (QED) is 0.831. The number of hydrogen-bond acceptors (Lipinski definition) is 8. The number of anilines is 2. The van der Waals surface area contributed by atoms with E-state index in [1.807, 2.05) is 7.05 Å². The normalized spacial score (nSPS) is 18.0. The fourth-order valence-corrected chi connectivity index (χ4v) is 3.70. The molecule has 0 aromatic carbocycles. The fourth-order valence-electron chi connectivity index (χ4n) is 2.86. The summed E-state index contributed by atoms with van der Waals surface area (Å²) in [5.74, 6) is 1.42. The van der Waals surface area contributed by atoms with Crippen molar-refractivity contribution in [2.75, 3.05) is 30.8 Å². The molecule has 9 heteroatoms. The van der Waals surface area contributed by atoms with Gasteiger partial charge in [-0.25, -0.2) is 9.97 Å². The third-order valence-electron chi connectivity index (χ3n) is 4.23. The van der Waals surface area contributed by atoms with E-state index in [1.165, 1.54) is 17.6 Å². The van der Waals surface area contributed by atoms with Crippen molar-refractivity contribution in [3.63, 3.8) is 0 Å². The summed E-state index contributed by atoms with van der Waals surface area (Å²) in [6, 6.07) is 1.89. The van der Waals surface area contributed by atoms with Crippen molar-refractivity contribution < 1.29 is 0 Å². The van der Waals surface area contributed by atoms with Crippen LogP contribution in [0.1, 0.15) is 37.7 Å². The second-order valence-corrected chi connectivity index (χ2v) is 7.25. The van der Waals surface area contributed by atoms with Gasteiger partial charge in [0.1, 0.15) is 5.82 Å². The SMILES string of the molecule is CC(C)c1nsc(N2CC[C@H](N(C)Cc3cc(=O)[nH]c(N)n3)C2)n1. The molecule has 0 radical (unpaired) electrons. The largest absolute Gasteiger partial charge is 0.369 e. The predicted octanol–water partition coefficient (Wildman–Crippen LogP) is 1.04. The summed E-state index contributed by atoms with van der Waals surface area (Å²) in [5, 5.41) is 0.994. The third kappa shape index (κ3) is 3.73. The van der Waals surface area contributed by atoms with Crippen molar-refractivity contribution >= 4 is 22.6 Å². The van der Waals surface area contributed by atoms with Gasteiger partial charge in [0, 0.05) is 49.2 Å². The number of aromatic nitrogens is 4. The maximum absolute atomic E-state index is 11.5. The van der Waals surface area contributed by atoms with Crippen molar-refractivity contribution in [3.05, 3.63) is 27.9 Å². The van der Waals surface area contributed by atoms with Crippen molar-refractivity contribution in [2.45, 2.75) is 38.8 Å². The van der Waals surface area contributed by atoms with Crippen LogP contribution in [0.2, 0.25) is 0 Å². The topological polar surface area (TPSA) is 104 Å². The summed E-state index contributed by atoms with van der Waals surface area (Å²) < 4.78 is 4.43. The highest BCUT2D eigenvalue weighted by Gasteiger charge is 2.28. The van der Waals surface area contributed by atoms with E-state index >= 15 is 0 Å². The summed E-state index contributed by atoms with van der Waals surface area (Å²) in [6.07, 6.45) is 1.05. The van der Waals surface area contributed by atoms with E-state index < -0.39 is 0 Å². The minimum atomic E-state index is -0.214. The number of nitrogens with one attached hydrogen (secondary N) is 1. The molecule has 0 unspecified atom stereocenters. The number of hydrogen-bond donors (Lipinski definition) is 2. The lowest BCUT2D eigenvalue weighted by atomic mass is 10.2. The zero-order chi connectivity index (χ0) is 17.3. The van der Waals surface area contributed by atoms with Gasteiger partial charge < -0.3 is 10.6 Å². The zero-order valence-corrected chi connectivity index (χ0v) is 15.0. The molecule has 0 aliphatic carbocycles. The molecule has 3 N–H and O–H groups in total. The Bertz CT molecular complexity index is 756. The first-order valence-electron chi connectivity index (χ1n) is 8.07. The van der Waals surface area contributed by atoms with Crippen LogP contribution in [0.3, 0.4) is 0 Å². The van der Waals surface area contributed by atoms with E-state index in [0.29, 0.717) is 24.2 Å². The highest BCUT2D eigenvalue weighted by molar-refractivity contribution is 7.09. The number of rotatable bonds is 5. The predicted molar refractivity (Wildman–Crippen MR) is 95.4 cm³/mol. The summed E-state index contributed by atoms with van der Waals surface area (Å²) in [4.78, 5) is 27.3. The number of H-pyrrole nitrogens is 1. The Balaban J connectivity index is 1.62. The lowest BCUT2D eigenvalue weighted by molar-refractivity contribution is 0.247. The van der Waals surface area contributed by atoms with E-state index in [4.69, 9.17) is 5.73 Å². The van der Waals surface area contributed by atoms with E-state index in [0.717, 1.165) is 30.5 Å². The number of aromatic amines is 1. The molecule has 3 heterocycles. The summed E-state index contributed by atoms with van der Waals surface area (Å²) in [6.45, 7) is 6.67. The van der Waals surface area contributed by atoms with Gasteiger partial charge in [-0.3, -0.25) is 14.7 Å². The van der Waals surface area contributed by atoms with Crippen molar-refractivity contribution in [3.8, 4) is 0 Å². The summed E-state index contributed by atoms with van der Waals surface area (Å²) in [7, 11) is 2.05. The Morgan fingerprint density at radius 3 is 2.96 bits per heavy atom. The van der Waals surface area contributed by atoms with Gasteiger partial charge in [-0.1, -0.05) is 13.8 Å². The molecule has 1 aliphatic rings. The minimum absolute atomic E-state index is 0.161. The summed E-state index contributed by atoms with van der Waals surface area (Å²) >= 11 is 1.47. The van der Waals surface area contributed by atoms with Gasteiger partial charge in [0.15, 0.2) is 0 Å². The van der Waals surface area contributed by atoms with Crippen LogP contribution >= 0.6 is 11.5 Å². The molecule has 2 aromatic rings. The van der Waals surface area contributed by atoms with Crippen LogP contribution in [0.5, 0.6) is 0 Å². The Labute approximate surface area is 144 Å². The number of likely N-dealkylation sites (N-methyl/N-ethyl adjacent to an activating group) is 1. The molecular formula is C15H23N7OS. The molecule has 0 spiro atoms. The Hall–Kier alpha value is -2.00. The molecule has 0 bridgehead atoms. The molecule has 1 fully saturated rings. The van der Waals surface area contributed by atoms with Crippen LogP contribution < -0.4 is 16.2 Å². The Morgan fingerprint density at radius 1 is 1.50 bits per heavy atom. The highest BCUT2D eigenvalue weighted by atomic mass is 32.1. The highest BCUT2D eigenvalue weighted by Crippen LogP contribution is 2.26. The molecule has 130 valence electrons. The second-order valence-electron chi connectivity index (χ2n) is 6.52. The molecule has 1 aliphatic heterocycles. The molecule has 24 heavy (non-hydrogen) atoms. The van der Waals surface area contributed by atoms with Crippen LogP contribution in [0.4, 0.5) is 11.1 Å². The summed E-state index contributed by atoms with van der Waals surface area (Å²) in [5.41, 5.74) is 6.08. The average Bonchev–Trinajstić information content (AvgIpc) is 3.15. The molecule has 8 nitrogen and oxygen atoms in total. The first kappa shape index (κ1) is 16.8. The molecule has 3 rings (SSSR count). The van der Waals surface area contributed by atoms with Crippen molar-refractivity contribution in [1.29, 1.82) is 0 Å². The van der Waals surface area contributed by atoms with Crippen LogP contribution in [0, 0.1) is 0 Å². The van der Waals surface area contributed by atoms with Gasteiger partial charge in [0.2, 0.25) is 11.1 Å². The van der Waals surface area contributed by atoms with E-state index in [9.17, 15) is 4.79 Å². The fraction of sp³-hybridized carbons (Fsp3) is 0.600. The first-order valence-corrected chi connectivity index (χ1v) is 8.84. The maximum atomic E-state index is 11.5. The smallest absolute Gasteiger partial charge is 0.252 e. The molecular weight excluding hydrogens is 326 g/mol. The van der Waals surface area contributed by atoms with Gasteiger partial charge >= 0.3 is 0 Å². The standard InChI is InChI=1S/C15H23N7OS/c1-9(2)13-19-15(24-20-13)22-5-4-11(8-22)21(3)7-10-6-12(23)18-14(16)17-10/h6,9,11H,4-5,7-8H2,1-3H3,(H3,16,17,18,23)/t11-/m0/s1. The second kappa shape index (κ2) is 6.86. The molecule has 2 aromatic heterocycles. The molecule has 1 atom stereocenters. The van der Waals surface area contributed by atoms with Crippen LogP contribution in [0.25, 0.3) is 0 Å². The van der Waals surface area contributed by atoms with E-state index in [1.54, 1.807) is 0 Å². The zero-order valence-electron chi connectivity index (χ0n) is 14.2.